The molecule has 0 radical (unpaired) electrons. The van der Waals surface area contributed by atoms with Crippen molar-refractivity contribution in [3.05, 3.63) is 60.2 Å². The quantitative estimate of drug-likeness (QED) is 0.581. The molecular weight excluding hydrogens is 318 g/mol. The first-order valence-electron chi connectivity index (χ1n) is 8.40. The number of amides is 1. The van der Waals surface area contributed by atoms with E-state index in [4.69, 9.17) is 9.47 Å². The third-order valence-electron chi connectivity index (χ3n) is 3.54. The molecule has 0 bridgehead atoms. The Balaban J connectivity index is 1.87. The van der Waals surface area contributed by atoms with Gasteiger partial charge < -0.3 is 14.8 Å². The number of hydrogen-bond acceptors (Lipinski definition) is 4. The molecule has 132 valence electrons. The molecule has 0 fully saturated rings. The Kier molecular flexibility index (Phi) is 7.01. The van der Waals surface area contributed by atoms with Crippen molar-refractivity contribution in [2.45, 2.75) is 32.8 Å². The number of carbonyl (C=O) groups is 2. The van der Waals surface area contributed by atoms with Crippen LogP contribution in [0.3, 0.4) is 0 Å². The molecule has 1 N–H and O–H groups in total. The summed E-state index contributed by atoms with van der Waals surface area (Å²) in [5.74, 6) is -0.0788. The predicted molar refractivity (Wildman–Crippen MR) is 96.8 cm³/mol. The highest BCUT2D eigenvalue weighted by molar-refractivity contribution is 5.94. The number of carbonyl (C=O) groups excluding carboxylic acids is 2. The molecule has 1 atom stereocenters. The summed E-state index contributed by atoms with van der Waals surface area (Å²) in [7, 11) is 0. The number of anilines is 1. The van der Waals surface area contributed by atoms with Crippen LogP contribution in [0, 0.1) is 0 Å². The third kappa shape index (κ3) is 5.95. The summed E-state index contributed by atoms with van der Waals surface area (Å²) in [5, 5.41) is 2.78. The summed E-state index contributed by atoms with van der Waals surface area (Å²) >= 11 is 0. The lowest BCUT2D eigenvalue weighted by molar-refractivity contribution is -0.122. The fraction of sp³-hybridized carbons (Fsp3) is 0.300. The average Bonchev–Trinajstić information content (AvgIpc) is 2.63. The van der Waals surface area contributed by atoms with Crippen LogP contribution in [0.1, 0.15) is 37.0 Å². The van der Waals surface area contributed by atoms with Gasteiger partial charge in [0.05, 0.1) is 12.2 Å². The maximum absolute atomic E-state index is 12.1. The van der Waals surface area contributed by atoms with Crippen molar-refractivity contribution < 1.29 is 19.1 Å². The van der Waals surface area contributed by atoms with Crippen molar-refractivity contribution in [1.29, 1.82) is 0 Å². The number of ether oxygens (including phenoxy) is 2. The third-order valence-corrected chi connectivity index (χ3v) is 3.54. The van der Waals surface area contributed by atoms with E-state index in [-0.39, 0.29) is 11.9 Å². The number of nitrogens with one attached hydrogen (secondary N) is 1. The smallest absolute Gasteiger partial charge is 0.338 e. The summed E-state index contributed by atoms with van der Waals surface area (Å²) in [6.07, 6.45) is 1.16. The molecule has 0 aliphatic rings. The summed E-state index contributed by atoms with van der Waals surface area (Å²) in [4.78, 5) is 24.0. The second-order valence-electron chi connectivity index (χ2n) is 5.63. The summed E-state index contributed by atoms with van der Waals surface area (Å²) < 4.78 is 10.8. The Bertz CT molecular complexity index is 683. The van der Waals surface area contributed by atoms with E-state index < -0.39 is 6.10 Å². The van der Waals surface area contributed by atoms with Gasteiger partial charge in [-0.1, -0.05) is 31.5 Å². The van der Waals surface area contributed by atoms with Gasteiger partial charge in [0.1, 0.15) is 5.75 Å². The van der Waals surface area contributed by atoms with E-state index in [0.717, 1.165) is 12.8 Å². The molecule has 5 heteroatoms. The normalized spacial score (nSPS) is 11.4. The second-order valence-corrected chi connectivity index (χ2v) is 5.63. The van der Waals surface area contributed by atoms with Gasteiger partial charge in [0, 0.05) is 5.69 Å². The average molecular weight is 341 g/mol. The second kappa shape index (κ2) is 9.47. The zero-order valence-electron chi connectivity index (χ0n) is 14.5. The van der Waals surface area contributed by atoms with E-state index >= 15 is 0 Å². The molecule has 0 aliphatic heterocycles. The molecule has 2 aromatic rings. The maximum Gasteiger partial charge on any atom is 0.338 e. The molecule has 1 amide bonds. The monoisotopic (exact) mass is 341 g/mol. The number of hydrogen-bond donors (Lipinski definition) is 1. The van der Waals surface area contributed by atoms with Crippen molar-refractivity contribution >= 4 is 17.6 Å². The molecule has 0 unspecified atom stereocenters. The van der Waals surface area contributed by atoms with Crippen LogP contribution in [0.15, 0.2) is 54.6 Å². The Hall–Kier alpha value is -2.82. The summed E-state index contributed by atoms with van der Waals surface area (Å²) in [6, 6.07) is 15.8. The van der Waals surface area contributed by atoms with Crippen LogP contribution >= 0.6 is 0 Å². The van der Waals surface area contributed by atoms with Gasteiger partial charge in [0.15, 0.2) is 6.10 Å². The van der Waals surface area contributed by atoms with Crippen LogP contribution in [0.25, 0.3) is 0 Å². The molecule has 0 heterocycles. The molecule has 2 rings (SSSR count). The van der Waals surface area contributed by atoms with Gasteiger partial charge in [0.2, 0.25) is 0 Å². The van der Waals surface area contributed by atoms with Gasteiger partial charge in [-0.25, -0.2) is 4.79 Å². The number of esters is 1. The van der Waals surface area contributed by atoms with Gasteiger partial charge in [-0.15, -0.1) is 0 Å². The van der Waals surface area contributed by atoms with E-state index in [1.54, 1.807) is 31.2 Å². The Morgan fingerprint density at radius 1 is 1.04 bits per heavy atom. The fourth-order valence-electron chi connectivity index (χ4n) is 2.09. The molecular formula is C20H23NO4. The molecule has 0 aliphatic carbocycles. The minimum absolute atomic E-state index is 0.241. The molecule has 25 heavy (non-hydrogen) atoms. The van der Waals surface area contributed by atoms with Gasteiger partial charge >= 0.3 is 5.97 Å². The number of rotatable bonds is 8. The first-order chi connectivity index (χ1) is 12.1. The molecule has 5 nitrogen and oxygen atoms in total. The van der Waals surface area contributed by atoms with Crippen molar-refractivity contribution in [3.8, 4) is 5.75 Å². The lowest BCUT2D eigenvalue weighted by Gasteiger charge is -2.15. The highest BCUT2D eigenvalue weighted by atomic mass is 16.5. The van der Waals surface area contributed by atoms with Crippen LogP contribution in [-0.4, -0.2) is 24.6 Å². The molecule has 0 saturated heterocycles. The zero-order chi connectivity index (χ0) is 18.1. The molecule has 0 spiro atoms. The molecule has 0 saturated carbocycles. The van der Waals surface area contributed by atoms with Crippen molar-refractivity contribution in [1.82, 2.24) is 0 Å². The first kappa shape index (κ1) is 18.5. The Morgan fingerprint density at radius 3 is 2.36 bits per heavy atom. The highest BCUT2D eigenvalue weighted by Crippen LogP contribution is 2.16. The lowest BCUT2D eigenvalue weighted by Crippen LogP contribution is -2.30. The van der Waals surface area contributed by atoms with E-state index in [9.17, 15) is 9.59 Å². The number of benzene rings is 2. The minimum Gasteiger partial charge on any atom is -0.481 e. The molecule has 2 aromatic carbocycles. The zero-order valence-corrected chi connectivity index (χ0v) is 14.5. The van der Waals surface area contributed by atoms with Crippen LogP contribution in [0.2, 0.25) is 0 Å². The van der Waals surface area contributed by atoms with Crippen molar-refractivity contribution in [3.63, 3.8) is 0 Å². The van der Waals surface area contributed by atoms with Gasteiger partial charge in [-0.05, 0) is 49.7 Å². The Morgan fingerprint density at radius 2 is 1.72 bits per heavy atom. The highest BCUT2D eigenvalue weighted by Gasteiger charge is 2.15. The first-order valence-corrected chi connectivity index (χ1v) is 8.40. The van der Waals surface area contributed by atoms with Crippen molar-refractivity contribution in [2.24, 2.45) is 0 Å². The van der Waals surface area contributed by atoms with E-state index in [2.05, 4.69) is 5.32 Å². The largest absolute Gasteiger partial charge is 0.481 e. The van der Waals surface area contributed by atoms with E-state index in [0.29, 0.717) is 23.6 Å². The van der Waals surface area contributed by atoms with Gasteiger partial charge in [-0.2, -0.15) is 0 Å². The minimum atomic E-state index is -0.664. The molecule has 0 aromatic heterocycles. The van der Waals surface area contributed by atoms with Crippen LogP contribution in [0.4, 0.5) is 5.69 Å². The van der Waals surface area contributed by atoms with E-state index in [1.165, 1.54) is 0 Å². The van der Waals surface area contributed by atoms with Crippen molar-refractivity contribution in [2.75, 3.05) is 11.9 Å². The summed E-state index contributed by atoms with van der Waals surface area (Å²) in [6.45, 7) is 4.13. The fourth-order valence-corrected chi connectivity index (χ4v) is 2.09. The van der Waals surface area contributed by atoms with Gasteiger partial charge in [0.25, 0.3) is 5.91 Å². The maximum atomic E-state index is 12.1. The van der Waals surface area contributed by atoms with Crippen LogP contribution in [0.5, 0.6) is 5.75 Å². The topological polar surface area (TPSA) is 64.6 Å². The SMILES string of the molecule is CCCCOC(=O)c1ccc(O[C@H](C)C(=O)Nc2ccccc2)cc1. The summed E-state index contributed by atoms with van der Waals surface area (Å²) in [5.41, 5.74) is 1.18. The Labute approximate surface area is 148 Å². The van der Waals surface area contributed by atoms with Crippen LogP contribution in [-0.2, 0) is 9.53 Å². The predicted octanol–water partition coefficient (Wildman–Crippen LogP) is 4.05. The van der Waals surface area contributed by atoms with Gasteiger partial charge in [-0.3, -0.25) is 4.79 Å². The lowest BCUT2D eigenvalue weighted by atomic mass is 10.2. The standard InChI is InChI=1S/C20H23NO4/c1-3-4-14-24-20(23)16-10-12-18(13-11-16)25-15(2)19(22)21-17-8-6-5-7-9-17/h5-13,15H,3-4,14H2,1-2H3,(H,21,22)/t15-/m1/s1. The number of unbranched alkanes of at least 4 members (excludes halogenated alkanes) is 1. The van der Waals surface area contributed by atoms with E-state index in [1.807, 2.05) is 37.3 Å². The van der Waals surface area contributed by atoms with Crippen LogP contribution < -0.4 is 10.1 Å². The number of para-hydroxylation sites is 1.